The largest absolute Gasteiger partial charge is 0.374 e. The number of allylic oxidation sites excluding steroid dienone is 2. The lowest BCUT2D eigenvalue weighted by molar-refractivity contribution is 0.204. The zero-order chi connectivity index (χ0) is 6.54. The highest BCUT2D eigenvalue weighted by molar-refractivity contribution is 8.09. The van der Waals surface area contributed by atoms with E-state index < -0.39 is 4.93 Å². The van der Waals surface area contributed by atoms with Crippen molar-refractivity contribution in [3.63, 3.8) is 0 Å². The lowest BCUT2D eigenvalue weighted by atomic mass is 10.0. The van der Waals surface area contributed by atoms with Crippen LogP contribution >= 0.6 is 11.8 Å². The molecule has 1 saturated heterocycles. The molecule has 1 heterocycles. The van der Waals surface area contributed by atoms with E-state index in [9.17, 15) is 5.11 Å². The highest BCUT2D eigenvalue weighted by Crippen LogP contribution is 2.64. The minimum Gasteiger partial charge on any atom is -0.374 e. The molecule has 0 saturated carbocycles. The highest BCUT2D eigenvalue weighted by Gasteiger charge is 2.62. The second kappa shape index (κ2) is 1.27. The smallest absolute Gasteiger partial charge is 0.148 e. The molecule has 1 nitrogen and oxygen atoms in total. The summed E-state index contributed by atoms with van der Waals surface area (Å²) in [4.78, 5) is -0.568. The average molecular weight is 140 g/mol. The van der Waals surface area contributed by atoms with E-state index in [0.717, 1.165) is 0 Å². The van der Waals surface area contributed by atoms with Crippen LogP contribution in [0, 0.1) is 0 Å². The topological polar surface area (TPSA) is 20.2 Å². The summed E-state index contributed by atoms with van der Waals surface area (Å²) in [7, 11) is 0. The molecule has 1 aliphatic carbocycles. The normalized spacial score (nSPS) is 53.1. The molecule has 2 unspecified atom stereocenters. The van der Waals surface area contributed by atoms with Crippen molar-refractivity contribution in [3.8, 4) is 0 Å². The van der Waals surface area contributed by atoms with E-state index in [0.29, 0.717) is 0 Å². The summed E-state index contributed by atoms with van der Waals surface area (Å²) in [5.41, 5.74) is 0. The van der Waals surface area contributed by atoms with Crippen LogP contribution in [0.15, 0.2) is 24.3 Å². The van der Waals surface area contributed by atoms with Gasteiger partial charge < -0.3 is 5.11 Å². The number of aliphatic hydroxyl groups is 1. The van der Waals surface area contributed by atoms with Crippen LogP contribution in [0.5, 0.6) is 0 Å². The van der Waals surface area contributed by atoms with Crippen LogP contribution in [0.4, 0.5) is 0 Å². The summed E-state index contributed by atoms with van der Waals surface area (Å²) in [6, 6.07) is 0. The summed E-state index contributed by atoms with van der Waals surface area (Å²) in [6.07, 6.45) is 7.76. The first kappa shape index (κ1) is 5.57. The molecule has 1 fully saturated rings. The van der Waals surface area contributed by atoms with E-state index in [4.69, 9.17) is 0 Å². The monoisotopic (exact) mass is 140 g/mol. The SMILES string of the molecule is CC12C=CC=CC1(O)S2. The predicted molar refractivity (Wildman–Crippen MR) is 39.2 cm³/mol. The molecule has 9 heavy (non-hydrogen) atoms. The van der Waals surface area contributed by atoms with Gasteiger partial charge in [-0.05, 0) is 13.0 Å². The van der Waals surface area contributed by atoms with E-state index in [-0.39, 0.29) is 4.75 Å². The number of rotatable bonds is 0. The van der Waals surface area contributed by atoms with E-state index in [1.807, 2.05) is 31.2 Å². The van der Waals surface area contributed by atoms with Crippen LogP contribution in [0.2, 0.25) is 0 Å². The van der Waals surface area contributed by atoms with Crippen molar-refractivity contribution in [2.75, 3.05) is 0 Å². The Labute approximate surface area is 58.5 Å². The quantitative estimate of drug-likeness (QED) is 0.512. The van der Waals surface area contributed by atoms with Crippen molar-refractivity contribution >= 4 is 11.8 Å². The first-order valence-electron chi connectivity index (χ1n) is 2.96. The van der Waals surface area contributed by atoms with Crippen LogP contribution in [-0.4, -0.2) is 14.8 Å². The van der Waals surface area contributed by atoms with E-state index in [2.05, 4.69) is 0 Å². The number of fused-ring (bicyclic) bond motifs is 1. The summed E-state index contributed by atoms with van der Waals surface area (Å²) in [5.74, 6) is 0. The zero-order valence-corrected chi connectivity index (χ0v) is 5.98. The lowest BCUT2D eigenvalue weighted by Crippen LogP contribution is -2.19. The second-order valence-electron chi connectivity index (χ2n) is 2.62. The maximum atomic E-state index is 9.53. The first-order chi connectivity index (χ1) is 4.16. The second-order valence-corrected chi connectivity index (χ2v) is 4.30. The van der Waals surface area contributed by atoms with Crippen molar-refractivity contribution < 1.29 is 5.11 Å². The Kier molecular flexibility index (Phi) is 0.788. The van der Waals surface area contributed by atoms with Crippen molar-refractivity contribution in [3.05, 3.63) is 24.3 Å². The highest BCUT2D eigenvalue weighted by atomic mass is 32.2. The Bertz CT molecular complexity index is 187. The fourth-order valence-electron chi connectivity index (χ4n) is 1.08. The van der Waals surface area contributed by atoms with Gasteiger partial charge in [0.1, 0.15) is 4.93 Å². The van der Waals surface area contributed by atoms with E-state index in [1.165, 1.54) is 0 Å². The molecular weight excluding hydrogens is 132 g/mol. The van der Waals surface area contributed by atoms with Crippen LogP contribution in [0.1, 0.15) is 6.92 Å². The Morgan fingerprint density at radius 3 is 2.44 bits per heavy atom. The Morgan fingerprint density at radius 2 is 2.00 bits per heavy atom. The van der Waals surface area contributed by atoms with Gasteiger partial charge in [-0.2, -0.15) is 0 Å². The van der Waals surface area contributed by atoms with Gasteiger partial charge >= 0.3 is 0 Å². The summed E-state index contributed by atoms with van der Waals surface area (Å²) >= 11 is 1.59. The van der Waals surface area contributed by atoms with Gasteiger partial charge in [0.15, 0.2) is 0 Å². The van der Waals surface area contributed by atoms with Gasteiger partial charge in [-0.1, -0.05) is 18.2 Å². The number of thioether (sulfide) groups is 1. The van der Waals surface area contributed by atoms with Crippen LogP contribution in [0.25, 0.3) is 0 Å². The molecule has 2 aliphatic rings. The molecule has 0 radical (unpaired) electrons. The lowest BCUT2D eigenvalue weighted by Gasteiger charge is -2.08. The van der Waals surface area contributed by atoms with Gasteiger partial charge in [-0.15, -0.1) is 11.8 Å². The summed E-state index contributed by atoms with van der Waals surface area (Å²) in [5, 5.41) is 9.53. The third kappa shape index (κ3) is 0.550. The molecule has 1 aliphatic heterocycles. The molecule has 0 aromatic heterocycles. The molecule has 0 spiro atoms. The molecular formula is C7H8OS. The molecule has 0 aromatic carbocycles. The Hall–Kier alpha value is -0.210. The molecule has 48 valence electrons. The van der Waals surface area contributed by atoms with Crippen LogP contribution in [0.3, 0.4) is 0 Å². The van der Waals surface area contributed by atoms with Gasteiger partial charge in [0.2, 0.25) is 0 Å². The third-order valence-corrected chi connectivity index (χ3v) is 3.42. The maximum Gasteiger partial charge on any atom is 0.148 e. The summed E-state index contributed by atoms with van der Waals surface area (Å²) < 4.78 is -0.0122. The van der Waals surface area contributed by atoms with Gasteiger partial charge in [-0.25, -0.2) is 0 Å². The van der Waals surface area contributed by atoms with Crippen molar-refractivity contribution in [1.82, 2.24) is 0 Å². The van der Waals surface area contributed by atoms with Crippen molar-refractivity contribution in [2.24, 2.45) is 0 Å². The minimum absolute atomic E-state index is 0.0122. The fourth-order valence-corrected chi connectivity index (χ4v) is 2.10. The molecule has 2 rings (SSSR count). The predicted octanol–water partition coefficient (Wildman–Crippen LogP) is 1.31. The summed E-state index contributed by atoms with van der Waals surface area (Å²) in [6.45, 7) is 2.04. The number of hydrogen-bond donors (Lipinski definition) is 1. The number of hydrogen-bond acceptors (Lipinski definition) is 2. The first-order valence-corrected chi connectivity index (χ1v) is 3.78. The van der Waals surface area contributed by atoms with Crippen LogP contribution in [-0.2, 0) is 0 Å². The Balaban J connectivity index is 2.40. The Morgan fingerprint density at radius 1 is 1.33 bits per heavy atom. The molecule has 1 N–H and O–H groups in total. The van der Waals surface area contributed by atoms with Gasteiger partial charge in [0, 0.05) is 0 Å². The minimum atomic E-state index is -0.568. The van der Waals surface area contributed by atoms with Gasteiger partial charge in [0.25, 0.3) is 0 Å². The van der Waals surface area contributed by atoms with Crippen LogP contribution < -0.4 is 0 Å². The third-order valence-electron chi connectivity index (χ3n) is 1.88. The van der Waals surface area contributed by atoms with E-state index >= 15 is 0 Å². The van der Waals surface area contributed by atoms with Crippen molar-refractivity contribution in [2.45, 2.75) is 16.6 Å². The standard InChI is InChI=1S/C7H8OS/c1-6-4-2-3-5-7(6,8)9-6/h2-5,8H,1H3. The molecule has 0 amide bonds. The van der Waals surface area contributed by atoms with Gasteiger partial charge in [-0.3, -0.25) is 0 Å². The fraction of sp³-hybridized carbons (Fsp3) is 0.429. The maximum absolute atomic E-state index is 9.53. The molecule has 0 bridgehead atoms. The van der Waals surface area contributed by atoms with Gasteiger partial charge in [0.05, 0.1) is 4.75 Å². The van der Waals surface area contributed by atoms with E-state index in [1.54, 1.807) is 11.8 Å². The average Bonchev–Trinajstić information content (AvgIpc) is 2.33. The van der Waals surface area contributed by atoms with Crippen molar-refractivity contribution in [1.29, 1.82) is 0 Å². The molecule has 0 aromatic rings. The zero-order valence-electron chi connectivity index (χ0n) is 5.16. The molecule has 2 heteroatoms. The molecule has 2 atom stereocenters.